The van der Waals surface area contributed by atoms with E-state index < -0.39 is 74.9 Å². The molecule has 138 valence electrons. The fourth-order valence-electron chi connectivity index (χ4n) is 2.16. The van der Waals surface area contributed by atoms with Crippen molar-refractivity contribution < 1.29 is 55.4 Å². The van der Waals surface area contributed by atoms with Gasteiger partial charge in [-0.15, -0.1) is 0 Å². The zero-order chi connectivity index (χ0) is 17.7. The summed E-state index contributed by atoms with van der Waals surface area (Å²) < 4.78 is 10.1. The third-order valence-electron chi connectivity index (χ3n) is 3.62. The Balaban J connectivity index is 2.89. The van der Waals surface area contributed by atoms with Crippen LogP contribution in [-0.4, -0.2) is 121 Å². The fourth-order valence-corrected chi connectivity index (χ4v) is 2.16. The van der Waals surface area contributed by atoms with E-state index in [1.54, 1.807) is 0 Å². The van der Waals surface area contributed by atoms with Crippen molar-refractivity contribution in [1.29, 1.82) is 0 Å². The molecule has 0 aromatic heterocycles. The van der Waals surface area contributed by atoms with Crippen LogP contribution in [0.25, 0.3) is 0 Å². The average molecular weight is 344 g/mol. The second kappa shape index (κ2) is 9.15. The normalized spacial score (nSPS) is 37.2. The van der Waals surface area contributed by atoms with E-state index in [2.05, 4.69) is 0 Å². The van der Waals surface area contributed by atoms with Gasteiger partial charge in [-0.25, -0.2) is 0 Å². The number of hydrogen-bond acceptors (Lipinski definition) is 11. The average Bonchev–Trinajstić information content (AvgIpc) is 2.57. The van der Waals surface area contributed by atoms with Gasteiger partial charge < -0.3 is 55.4 Å². The van der Waals surface area contributed by atoms with Crippen LogP contribution in [0.4, 0.5) is 0 Å². The van der Waals surface area contributed by atoms with Gasteiger partial charge >= 0.3 is 0 Å². The molecule has 1 aliphatic heterocycles. The molecule has 23 heavy (non-hydrogen) atoms. The lowest BCUT2D eigenvalue weighted by atomic mass is 9.98. The van der Waals surface area contributed by atoms with Crippen LogP contribution >= 0.6 is 0 Å². The molecule has 1 aliphatic rings. The largest absolute Gasteiger partial charge is 0.394 e. The summed E-state index contributed by atoms with van der Waals surface area (Å²) in [5.41, 5.74) is 0. The second-order valence-corrected chi connectivity index (χ2v) is 5.29. The molecule has 0 aromatic carbocycles. The number of aliphatic hydroxyl groups excluding tert-OH is 9. The Morgan fingerprint density at radius 1 is 0.826 bits per heavy atom. The molecule has 0 spiro atoms. The monoisotopic (exact) mass is 344 g/mol. The molecule has 11 heteroatoms. The SMILES string of the molecule is OC[C@@H](O)[C@@H](O)[C@@H](O[C@@H]1O[C@H](CO)[C@H](O)[C@H](O)[C@@H]1O)[C@H](O)CO. The molecule has 1 saturated heterocycles. The first kappa shape index (κ1) is 20.6. The highest BCUT2D eigenvalue weighted by Gasteiger charge is 2.46. The third-order valence-corrected chi connectivity index (χ3v) is 3.62. The van der Waals surface area contributed by atoms with Crippen LogP contribution in [0.2, 0.25) is 0 Å². The molecule has 9 N–H and O–H groups in total. The minimum atomic E-state index is -1.85. The van der Waals surface area contributed by atoms with E-state index in [1.165, 1.54) is 0 Å². The number of hydrogen-bond donors (Lipinski definition) is 9. The van der Waals surface area contributed by atoms with Crippen molar-refractivity contribution in [2.24, 2.45) is 0 Å². The van der Waals surface area contributed by atoms with Gasteiger partial charge in [0, 0.05) is 0 Å². The maximum absolute atomic E-state index is 9.83. The van der Waals surface area contributed by atoms with Gasteiger partial charge in [0.05, 0.1) is 19.8 Å². The Hall–Kier alpha value is -0.440. The molecule has 0 aromatic rings. The predicted molar refractivity (Wildman–Crippen MR) is 70.8 cm³/mol. The zero-order valence-electron chi connectivity index (χ0n) is 12.2. The van der Waals surface area contributed by atoms with Crippen LogP contribution < -0.4 is 0 Å². The van der Waals surface area contributed by atoms with Crippen LogP contribution in [0.15, 0.2) is 0 Å². The highest BCUT2D eigenvalue weighted by atomic mass is 16.7. The van der Waals surface area contributed by atoms with Crippen molar-refractivity contribution in [1.82, 2.24) is 0 Å². The number of aliphatic hydroxyl groups is 9. The lowest BCUT2D eigenvalue weighted by Gasteiger charge is -2.42. The summed E-state index contributed by atoms with van der Waals surface area (Å²) in [6.07, 6.45) is -15.1. The molecule has 0 amide bonds. The number of rotatable bonds is 8. The number of ether oxygens (including phenoxy) is 2. The first-order chi connectivity index (χ1) is 10.8. The summed E-state index contributed by atoms with van der Waals surface area (Å²) in [6, 6.07) is 0. The molecule has 11 nitrogen and oxygen atoms in total. The molecule has 0 radical (unpaired) electrons. The van der Waals surface area contributed by atoms with E-state index in [4.69, 9.17) is 24.8 Å². The Bertz CT molecular complexity index is 341. The summed E-state index contributed by atoms with van der Waals surface area (Å²) in [4.78, 5) is 0. The molecule has 0 bridgehead atoms. The van der Waals surface area contributed by atoms with Crippen molar-refractivity contribution in [3.8, 4) is 0 Å². The maximum atomic E-state index is 9.83. The van der Waals surface area contributed by atoms with Crippen molar-refractivity contribution in [2.75, 3.05) is 19.8 Å². The lowest BCUT2D eigenvalue weighted by Crippen LogP contribution is -2.61. The Morgan fingerprint density at radius 3 is 1.87 bits per heavy atom. The molecule has 0 saturated carbocycles. The predicted octanol–water partition coefficient (Wildman–Crippen LogP) is -5.76. The van der Waals surface area contributed by atoms with Crippen LogP contribution in [-0.2, 0) is 9.47 Å². The van der Waals surface area contributed by atoms with Gasteiger partial charge in [0.15, 0.2) is 6.29 Å². The van der Waals surface area contributed by atoms with E-state index in [1.807, 2.05) is 0 Å². The van der Waals surface area contributed by atoms with Crippen LogP contribution in [0.3, 0.4) is 0 Å². The molecule has 0 aliphatic carbocycles. The van der Waals surface area contributed by atoms with Gasteiger partial charge in [0.2, 0.25) is 0 Å². The van der Waals surface area contributed by atoms with Gasteiger partial charge in [-0.05, 0) is 0 Å². The summed E-state index contributed by atoms with van der Waals surface area (Å²) >= 11 is 0. The van der Waals surface area contributed by atoms with E-state index in [-0.39, 0.29) is 0 Å². The summed E-state index contributed by atoms with van der Waals surface area (Å²) in [5, 5.41) is 84.9. The minimum Gasteiger partial charge on any atom is -0.394 e. The van der Waals surface area contributed by atoms with Crippen molar-refractivity contribution in [3.05, 3.63) is 0 Å². The standard InChI is InChI=1S/C12H24O11/c13-1-4(16)7(18)11(5(17)2-14)23-12-10(21)9(20)8(19)6(3-15)22-12/h4-21H,1-3H2/t4-,5-,6-,7-,8+,9+,10+,11+,12+/m1/s1. The Kier molecular flexibility index (Phi) is 8.20. The van der Waals surface area contributed by atoms with Gasteiger partial charge in [-0.2, -0.15) is 0 Å². The summed E-state index contributed by atoms with van der Waals surface area (Å²) in [6.45, 7) is -2.45. The van der Waals surface area contributed by atoms with Crippen LogP contribution in [0.1, 0.15) is 0 Å². The van der Waals surface area contributed by atoms with E-state index in [9.17, 15) is 30.6 Å². The minimum absolute atomic E-state index is 0.708. The van der Waals surface area contributed by atoms with Crippen molar-refractivity contribution >= 4 is 0 Å². The molecule has 1 rings (SSSR count). The van der Waals surface area contributed by atoms with Crippen LogP contribution in [0, 0.1) is 0 Å². The zero-order valence-corrected chi connectivity index (χ0v) is 12.2. The van der Waals surface area contributed by atoms with Crippen molar-refractivity contribution in [3.63, 3.8) is 0 Å². The van der Waals surface area contributed by atoms with Gasteiger partial charge in [0.1, 0.15) is 48.8 Å². The van der Waals surface area contributed by atoms with Crippen molar-refractivity contribution in [2.45, 2.75) is 55.1 Å². The molecule has 1 heterocycles. The van der Waals surface area contributed by atoms with Gasteiger partial charge in [-0.1, -0.05) is 0 Å². The molecular weight excluding hydrogens is 320 g/mol. The highest BCUT2D eigenvalue weighted by Crippen LogP contribution is 2.24. The Labute approximate surface area is 131 Å². The third kappa shape index (κ3) is 4.78. The lowest BCUT2D eigenvalue weighted by molar-refractivity contribution is -0.327. The molecule has 1 fully saturated rings. The molecule has 9 atom stereocenters. The second-order valence-electron chi connectivity index (χ2n) is 5.29. The first-order valence-corrected chi connectivity index (χ1v) is 7.00. The van der Waals surface area contributed by atoms with E-state index in [0.29, 0.717) is 0 Å². The molecular formula is C12H24O11. The smallest absolute Gasteiger partial charge is 0.187 e. The summed E-state index contributed by atoms with van der Waals surface area (Å²) in [7, 11) is 0. The van der Waals surface area contributed by atoms with Gasteiger partial charge in [0.25, 0.3) is 0 Å². The fraction of sp³-hybridized carbons (Fsp3) is 1.00. The highest BCUT2D eigenvalue weighted by molar-refractivity contribution is 4.91. The summed E-state index contributed by atoms with van der Waals surface area (Å²) in [5.74, 6) is 0. The van der Waals surface area contributed by atoms with Crippen LogP contribution in [0.5, 0.6) is 0 Å². The Morgan fingerprint density at radius 2 is 1.39 bits per heavy atom. The quantitative estimate of drug-likeness (QED) is 0.203. The molecule has 0 unspecified atom stereocenters. The first-order valence-electron chi connectivity index (χ1n) is 7.00. The van der Waals surface area contributed by atoms with Gasteiger partial charge in [-0.3, -0.25) is 0 Å². The maximum Gasteiger partial charge on any atom is 0.187 e. The van der Waals surface area contributed by atoms with E-state index >= 15 is 0 Å². The topological polar surface area (TPSA) is 201 Å². The van der Waals surface area contributed by atoms with E-state index in [0.717, 1.165) is 0 Å².